The topological polar surface area (TPSA) is 110 Å². The van der Waals surface area contributed by atoms with Gasteiger partial charge in [-0.3, -0.25) is 4.72 Å². The third kappa shape index (κ3) is 2.85. The third-order valence-electron chi connectivity index (χ3n) is 2.05. The second kappa shape index (κ2) is 4.90. The van der Waals surface area contributed by atoms with Crippen molar-refractivity contribution in [3.05, 3.63) is 41.2 Å². The van der Waals surface area contributed by atoms with Gasteiger partial charge < -0.3 is 9.52 Å². The number of carboxylic acids is 1. The average molecular weight is 303 g/mol. The molecule has 2 N–H and O–H groups in total. The van der Waals surface area contributed by atoms with Gasteiger partial charge in [0.25, 0.3) is 10.0 Å². The van der Waals surface area contributed by atoms with Gasteiger partial charge in [-0.05, 0) is 24.3 Å². The zero-order chi connectivity index (χ0) is 14.0. The van der Waals surface area contributed by atoms with Crippen molar-refractivity contribution in [3.63, 3.8) is 0 Å². The van der Waals surface area contributed by atoms with Gasteiger partial charge in [-0.1, -0.05) is 11.6 Å². The standard InChI is InChI=1S/C10H7ClN2O5S/c11-6-2-1-5-12-9(6)13-19(16,17)8-4-3-7(18-8)10(14)15/h1-5H,(H,12,13)(H,14,15). The van der Waals surface area contributed by atoms with Gasteiger partial charge in [0.1, 0.15) is 0 Å². The van der Waals surface area contributed by atoms with Gasteiger partial charge in [0.05, 0.1) is 5.02 Å². The summed E-state index contributed by atoms with van der Waals surface area (Å²) in [6.45, 7) is 0. The number of anilines is 1. The molecular formula is C10H7ClN2O5S. The van der Waals surface area contributed by atoms with Gasteiger partial charge in [0.2, 0.25) is 10.9 Å². The predicted molar refractivity (Wildman–Crippen MR) is 65.7 cm³/mol. The van der Waals surface area contributed by atoms with Crippen LogP contribution >= 0.6 is 11.6 Å². The molecule has 0 saturated heterocycles. The summed E-state index contributed by atoms with van der Waals surface area (Å²) in [6, 6.07) is 5.06. The number of carbonyl (C=O) groups is 1. The second-order valence-corrected chi connectivity index (χ2v) is 5.38. The SMILES string of the molecule is O=C(O)c1ccc(S(=O)(=O)Nc2ncccc2Cl)o1. The number of carboxylic acid groups (broad SMARTS) is 1. The second-order valence-electron chi connectivity index (χ2n) is 3.36. The van der Waals surface area contributed by atoms with Crippen LogP contribution in [0, 0.1) is 0 Å². The van der Waals surface area contributed by atoms with Crippen molar-refractivity contribution in [2.75, 3.05) is 4.72 Å². The zero-order valence-electron chi connectivity index (χ0n) is 9.20. The van der Waals surface area contributed by atoms with E-state index >= 15 is 0 Å². The summed E-state index contributed by atoms with van der Waals surface area (Å²) in [5, 5.41) is 8.23. The first kappa shape index (κ1) is 13.4. The van der Waals surface area contributed by atoms with Crippen molar-refractivity contribution in [1.82, 2.24) is 4.98 Å². The minimum absolute atomic E-state index is 0.0718. The minimum Gasteiger partial charge on any atom is -0.475 e. The molecule has 19 heavy (non-hydrogen) atoms. The molecule has 0 unspecified atom stereocenters. The Morgan fingerprint density at radius 2 is 2.11 bits per heavy atom. The molecule has 2 heterocycles. The number of sulfonamides is 1. The Labute approximate surface area is 112 Å². The van der Waals surface area contributed by atoms with Crippen LogP contribution in [0.2, 0.25) is 5.02 Å². The summed E-state index contributed by atoms with van der Waals surface area (Å²) < 4.78 is 30.6. The number of nitrogens with zero attached hydrogens (tertiary/aromatic N) is 1. The molecule has 0 amide bonds. The van der Waals surface area contributed by atoms with Crippen LogP contribution in [0.25, 0.3) is 0 Å². The highest BCUT2D eigenvalue weighted by Crippen LogP contribution is 2.22. The quantitative estimate of drug-likeness (QED) is 0.891. The lowest BCUT2D eigenvalue weighted by atomic mass is 10.5. The number of aromatic nitrogens is 1. The molecular weight excluding hydrogens is 296 g/mol. The zero-order valence-corrected chi connectivity index (χ0v) is 10.8. The molecule has 0 saturated carbocycles. The van der Waals surface area contributed by atoms with Crippen LogP contribution in [0.15, 0.2) is 40.0 Å². The number of pyridine rings is 1. The Hall–Kier alpha value is -2.06. The molecule has 0 aliphatic rings. The maximum absolute atomic E-state index is 11.9. The molecule has 7 nitrogen and oxygen atoms in total. The minimum atomic E-state index is -4.08. The van der Waals surface area contributed by atoms with Gasteiger partial charge in [0.15, 0.2) is 5.82 Å². The van der Waals surface area contributed by atoms with Gasteiger partial charge in [-0.25, -0.2) is 9.78 Å². The summed E-state index contributed by atoms with van der Waals surface area (Å²) in [6.07, 6.45) is 1.36. The van der Waals surface area contributed by atoms with Crippen LogP contribution in [0.4, 0.5) is 5.82 Å². The molecule has 0 fully saturated rings. The summed E-state index contributed by atoms with van der Waals surface area (Å²) in [7, 11) is -4.08. The van der Waals surface area contributed by atoms with Crippen LogP contribution in [-0.4, -0.2) is 24.5 Å². The van der Waals surface area contributed by atoms with Gasteiger partial charge in [-0.15, -0.1) is 0 Å². The Bertz CT molecular complexity index is 725. The fraction of sp³-hybridized carbons (Fsp3) is 0. The fourth-order valence-corrected chi connectivity index (χ4v) is 2.41. The Morgan fingerprint density at radius 1 is 1.37 bits per heavy atom. The Morgan fingerprint density at radius 3 is 2.68 bits per heavy atom. The lowest BCUT2D eigenvalue weighted by Gasteiger charge is -2.05. The lowest BCUT2D eigenvalue weighted by molar-refractivity contribution is 0.0656. The highest BCUT2D eigenvalue weighted by atomic mass is 35.5. The maximum atomic E-state index is 11.9. The highest BCUT2D eigenvalue weighted by molar-refractivity contribution is 7.92. The van der Waals surface area contributed by atoms with Crippen molar-refractivity contribution in [3.8, 4) is 0 Å². The first-order valence-corrected chi connectivity index (χ1v) is 6.73. The normalized spacial score (nSPS) is 11.2. The summed E-state index contributed by atoms with van der Waals surface area (Å²) in [4.78, 5) is 14.4. The number of halogens is 1. The number of furan rings is 1. The molecule has 2 rings (SSSR count). The van der Waals surface area contributed by atoms with Crippen molar-refractivity contribution >= 4 is 33.4 Å². The number of rotatable bonds is 4. The van der Waals surface area contributed by atoms with Gasteiger partial charge in [0, 0.05) is 6.20 Å². The molecule has 0 bridgehead atoms. The van der Waals surface area contributed by atoms with Crippen molar-refractivity contribution in [2.24, 2.45) is 0 Å². The molecule has 0 atom stereocenters. The first-order valence-electron chi connectivity index (χ1n) is 4.86. The maximum Gasteiger partial charge on any atom is 0.371 e. The molecule has 9 heteroatoms. The molecule has 0 spiro atoms. The largest absolute Gasteiger partial charge is 0.475 e. The molecule has 2 aromatic heterocycles. The third-order valence-corrected chi connectivity index (χ3v) is 3.56. The van der Waals surface area contributed by atoms with Crippen LogP contribution in [0.5, 0.6) is 0 Å². The predicted octanol–water partition coefficient (Wildman–Crippen LogP) is 1.83. The van der Waals surface area contributed by atoms with Crippen LogP contribution in [0.1, 0.15) is 10.6 Å². The van der Waals surface area contributed by atoms with E-state index in [1.165, 1.54) is 18.3 Å². The van der Waals surface area contributed by atoms with Crippen LogP contribution in [-0.2, 0) is 10.0 Å². The number of hydrogen-bond acceptors (Lipinski definition) is 5. The van der Waals surface area contributed by atoms with E-state index in [2.05, 4.69) is 9.71 Å². The lowest BCUT2D eigenvalue weighted by Crippen LogP contribution is -2.13. The summed E-state index contributed by atoms with van der Waals surface area (Å²) >= 11 is 5.76. The Balaban J connectivity index is 2.32. The highest BCUT2D eigenvalue weighted by Gasteiger charge is 2.22. The number of aromatic carboxylic acids is 1. The molecule has 0 aliphatic carbocycles. The number of hydrogen-bond donors (Lipinski definition) is 2. The van der Waals surface area contributed by atoms with Gasteiger partial charge in [-0.2, -0.15) is 8.42 Å². The van der Waals surface area contributed by atoms with E-state index in [1.54, 1.807) is 0 Å². The first-order chi connectivity index (χ1) is 8.90. The van der Waals surface area contributed by atoms with Gasteiger partial charge >= 0.3 is 5.97 Å². The fourth-order valence-electron chi connectivity index (χ4n) is 1.22. The van der Waals surface area contributed by atoms with Crippen LogP contribution < -0.4 is 4.72 Å². The summed E-state index contributed by atoms with van der Waals surface area (Å²) in [5.41, 5.74) is 0. The van der Waals surface area contributed by atoms with Crippen LogP contribution in [0.3, 0.4) is 0 Å². The molecule has 100 valence electrons. The Kier molecular flexibility index (Phi) is 3.45. The van der Waals surface area contributed by atoms with E-state index in [4.69, 9.17) is 21.1 Å². The van der Waals surface area contributed by atoms with E-state index in [1.807, 2.05) is 0 Å². The monoisotopic (exact) mass is 302 g/mol. The smallest absolute Gasteiger partial charge is 0.371 e. The average Bonchev–Trinajstić information content (AvgIpc) is 2.82. The number of nitrogens with one attached hydrogen (secondary N) is 1. The van der Waals surface area contributed by atoms with E-state index < -0.39 is 26.8 Å². The molecule has 0 aromatic carbocycles. The molecule has 0 radical (unpaired) electrons. The molecule has 2 aromatic rings. The van der Waals surface area contributed by atoms with E-state index in [0.29, 0.717) is 0 Å². The van der Waals surface area contributed by atoms with E-state index in [9.17, 15) is 13.2 Å². The van der Waals surface area contributed by atoms with E-state index in [0.717, 1.165) is 12.1 Å². The van der Waals surface area contributed by atoms with E-state index in [-0.39, 0.29) is 10.8 Å². The van der Waals surface area contributed by atoms with Crippen molar-refractivity contribution in [2.45, 2.75) is 5.09 Å². The summed E-state index contributed by atoms with van der Waals surface area (Å²) in [5.74, 6) is -1.91. The molecule has 0 aliphatic heterocycles. The van der Waals surface area contributed by atoms with Crippen molar-refractivity contribution in [1.29, 1.82) is 0 Å². The van der Waals surface area contributed by atoms with Crippen molar-refractivity contribution < 1.29 is 22.7 Å².